The molecule has 0 aromatic heterocycles. The lowest BCUT2D eigenvalue weighted by atomic mass is 10.1. The van der Waals surface area contributed by atoms with E-state index in [4.69, 9.17) is 10.2 Å². The molecule has 0 spiro atoms. The van der Waals surface area contributed by atoms with Crippen LogP contribution in [0.25, 0.3) is 0 Å². The second-order valence-corrected chi connectivity index (χ2v) is 3.58. The summed E-state index contributed by atoms with van der Waals surface area (Å²) in [4.78, 5) is 30.7. The van der Waals surface area contributed by atoms with Crippen LogP contribution in [0, 0.1) is 0 Å². The maximum absolute atomic E-state index is 10.8. The highest BCUT2D eigenvalue weighted by atomic mass is 16.5. The van der Waals surface area contributed by atoms with Crippen molar-refractivity contribution >= 4 is 17.9 Å². The molecule has 0 atom stereocenters. The van der Waals surface area contributed by atoms with E-state index < -0.39 is 17.9 Å². The maximum Gasteiger partial charge on any atom is 0.333 e. The van der Waals surface area contributed by atoms with Crippen LogP contribution < -0.4 is 0 Å². The van der Waals surface area contributed by atoms with Crippen molar-refractivity contribution in [3.05, 3.63) is 36.0 Å². The molecule has 0 aliphatic rings. The van der Waals surface area contributed by atoms with Gasteiger partial charge in [0.05, 0.1) is 7.11 Å². The lowest BCUT2D eigenvalue weighted by Crippen LogP contribution is -2.03. The van der Waals surface area contributed by atoms with Crippen LogP contribution in [0.15, 0.2) is 36.0 Å². The SMILES string of the molecule is C=C(C)C(=O)O.C=C(CC=C(C)C(=O)O)C(=O)OC. The van der Waals surface area contributed by atoms with Crippen molar-refractivity contribution in [1.82, 2.24) is 0 Å². The van der Waals surface area contributed by atoms with Crippen LogP contribution in [0.4, 0.5) is 0 Å². The summed E-state index contributed by atoms with van der Waals surface area (Å²) in [6, 6.07) is 0. The second-order valence-electron chi connectivity index (χ2n) is 3.58. The van der Waals surface area contributed by atoms with E-state index in [0.29, 0.717) is 0 Å². The number of esters is 1. The number of hydrogen-bond donors (Lipinski definition) is 2. The number of carboxylic acids is 2. The Kier molecular flexibility index (Phi) is 9.63. The molecule has 6 heteroatoms. The van der Waals surface area contributed by atoms with Gasteiger partial charge in [0.25, 0.3) is 0 Å². The topological polar surface area (TPSA) is 101 Å². The summed E-state index contributed by atoms with van der Waals surface area (Å²) in [5, 5.41) is 16.4. The number of hydrogen-bond acceptors (Lipinski definition) is 4. The zero-order chi connectivity index (χ0) is 15.6. The standard InChI is InChI=1S/C9H12O4.C4H6O2/c1-6(8(10)11)4-5-7(2)9(12)13-3;1-3(2)4(5)6/h4H,2,5H2,1,3H3,(H,10,11);1H2,2H3,(H,5,6). The minimum absolute atomic E-state index is 0.176. The van der Waals surface area contributed by atoms with Gasteiger partial charge in [0, 0.05) is 16.7 Å². The molecule has 0 fully saturated rings. The molecule has 0 amide bonds. The molecule has 0 aromatic rings. The van der Waals surface area contributed by atoms with E-state index in [1.54, 1.807) is 0 Å². The van der Waals surface area contributed by atoms with Gasteiger partial charge in [-0.05, 0) is 20.3 Å². The Morgan fingerprint density at radius 1 is 1.11 bits per heavy atom. The van der Waals surface area contributed by atoms with Crippen molar-refractivity contribution in [3.63, 3.8) is 0 Å². The van der Waals surface area contributed by atoms with E-state index in [9.17, 15) is 14.4 Å². The summed E-state index contributed by atoms with van der Waals surface area (Å²) < 4.78 is 4.39. The number of allylic oxidation sites excluding steroid dienone is 1. The highest BCUT2D eigenvalue weighted by Gasteiger charge is 2.05. The Labute approximate surface area is 111 Å². The van der Waals surface area contributed by atoms with E-state index in [2.05, 4.69) is 17.9 Å². The maximum atomic E-state index is 10.8. The molecule has 0 bridgehead atoms. The molecule has 0 aliphatic heterocycles. The van der Waals surface area contributed by atoms with Gasteiger partial charge in [-0.3, -0.25) is 0 Å². The Morgan fingerprint density at radius 3 is 1.79 bits per heavy atom. The summed E-state index contributed by atoms with van der Waals surface area (Å²) >= 11 is 0. The van der Waals surface area contributed by atoms with E-state index in [0.717, 1.165) is 0 Å². The average molecular weight is 270 g/mol. The third-order valence-corrected chi connectivity index (χ3v) is 1.83. The highest BCUT2D eigenvalue weighted by molar-refractivity contribution is 5.89. The van der Waals surface area contributed by atoms with Crippen LogP contribution in [0.3, 0.4) is 0 Å². The Balaban J connectivity index is 0. The van der Waals surface area contributed by atoms with Crippen LogP contribution in [0.2, 0.25) is 0 Å². The normalized spacial score (nSPS) is 9.74. The minimum Gasteiger partial charge on any atom is -0.478 e. The molecule has 0 aromatic carbocycles. The van der Waals surface area contributed by atoms with Crippen molar-refractivity contribution in [2.45, 2.75) is 20.3 Å². The predicted octanol–water partition coefficient (Wildman–Crippen LogP) is 1.78. The smallest absolute Gasteiger partial charge is 0.333 e. The molecule has 0 radical (unpaired) electrons. The van der Waals surface area contributed by atoms with E-state index in [-0.39, 0.29) is 23.1 Å². The fourth-order valence-corrected chi connectivity index (χ4v) is 0.591. The fourth-order valence-electron chi connectivity index (χ4n) is 0.591. The molecular formula is C13H18O6. The first-order valence-electron chi connectivity index (χ1n) is 5.18. The molecule has 0 aliphatic carbocycles. The van der Waals surface area contributed by atoms with Gasteiger partial charge in [-0.2, -0.15) is 0 Å². The first-order valence-corrected chi connectivity index (χ1v) is 5.18. The number of carbonyl (C=O) groups is 3. The quantitative estimate of drug-likeness (QED) is 0.583. The lowest BCUT2D eigenvalue weighted by molar-refractivity contribution is -0.136. The molecule has 0 saturated heterocycles. The van der Waals surface area contributed by atoms with Crippen LogP contribution in [-0.4, -0.2) is 35.2 Å². The highest BCUT2D eigenvalue weighted by Crippen LogP contribution is 2.04. The lowest BCUT2D eigenvalue weighted by Gasteiger charge is -1.99. The average Bonchev–Trinajstić information content (AvgIpc) is 2.34. The number of aliphatic carboxylic acids is 2. The van der Waals surface area contributed by atoms with E-state index >= 15 is 0 Å². The van der Waals surface area contributed by atoms with Gasteiger partial charge in [0.1, 0.15) is 0 Å². The van der Waals surface area contributed by atoms with Gasteiger partial charge in [-0.15, -0.1) is 0 Å². The first-order chi connectivity index (χ1) is 8.63. The fraction of sp³-hybridized carbons (Fsp3) is 0.308. The summed E-state index contributed by atoms with van der Waals surface area (Å²) in [5.74, 6) is -2.46. The minimum atomic E-state index is -1.00. The van der Waals surface area contributed by atoms with Crippen molar-refractivity contribution in [2.24, 2.45) is 0 Å². The van der Waals surface area contributed by atoms with Crippen molar-refractivity contribution in [1.29, 1.82) is 0 Å². The van der Waals surface area contributed by atoms with Gasteiger partial charge >= 0.3 is 17.9 Å². The number of ether oxygens (including phenoxy) is 1. The number of methoxy groups -OCH3 is 1. The van der Waals surface area contributed by atoms with E-state index in [1.807, 2.05) is 0 Å². The predicted molar refractivity (Wildman–Crippen MR) is 69.6 cm³/mol. The Morgan fingerprint density at radius 2 is 1.53 bits per heavy atom. The zero-order valence-corrected chi connectivity index (χ0v) is 11.2. The van der Waals surface area contributed by atoms with Gasteiger partial charge < -0.3 is 14.9 Å². The Bertz CT molecular complexity index is 405. The third-order valence-electron chi connectivity index (χ3n) is 1.83. The van der Waals surface area contributed by atoms with Crippen molar-refractivity contribution < 1.29 is 29.3 Å². The molecule has 6 nitrogen and oxygen atoms in total. The number of rotatable bonds is 5. The molecule has 19 heavy (non-hydrogen) atoms. The number of carboxylic acid groups (broad SMARTS) is 2. The summed E-state index contributed by atoms with van der Waals surface area (Å²) in [6.07, 6.45) is 1.62. The zero-order valence-electron chi connectivity index (χ0n) is 11.2. The Hall–Kier alpha value is -2.37. The molecule has 0 rings (SSSR count). The summed E-state index contributed by atoms with van der Waals surface area (Å²) in [5.41, 5.74) is 0.600. The summed E-state index contributed by atoms with van der Waals surface area (Å²) in [6.45, 7) is 9.50. The van der Waals surface area contributed by atoms with Crippen molar-refractivity contribution in [3.8, 4) is 0 Å². The van der Waals surface area contributed by atoms with E-state index in [1.165, 1.54) is 27.0 Å². The summed E-state index contributed by atoms with van der Waals surface area (Å²) in [7, 11) is 1.25. The number of carbonyl (C=O) groups excluding carboxylic acids is 1. The van der Waals surface area contributed by atoms with Crippen LogP contribution >= 0.6 is 0 Å². The molecule has 2 N–H and O–H groups in total. The van der Waals surface area contributed by atoms with Gasteiger partial charge in [0.15, 0.2) is 0 Å². The largest absolute Gasteiger partial charge is 0.478 e. The monoisotopic (exact) mass is 270 g/mol. The van der Waals surface area contributed by atoms with Gasteiger partial charge in [-0.25, -0.2) is 14.4 Å². The third kappa shape index (κ3) is 10.5. The van der Waals surface area contributed by atoms with Gasteiger partial charge in [-0.1, -0.05) is 19.2 Å². The molecule has 0 unspecified atom stereocenters. The molecular weight excluding hydrogens is 252 g/mol. The van der Waals surface area contributed by atoms with Gasteiger partial charge in [0.2, 0.25) is 0 Å². The second kappa shape index (κ2) is 9.64. The molecule has 0 heterocycles. The van der Waals surface area contributed by atoms with Crippen LogP contribution in [-0.2, 0) is 19.1 Å². The molecule has 0 saturated carbocycles. The van der Waals surface area contributed by atoms with Crippen LogP contribution in [0.1, 0.15) is 20.3 Å². The van der Waals surface area contributed by atoms with Crippen molar-refractivity contribution in [2.75, 3.05) is 7.11 Å². The molecule has 106 valence electrons. The van der Waals surface area contributed by atoms with Crippen LogP contribution in [0.5, 0.6) is 0 Å². The first kappa shape index (κ1) is 19.0.